The first-order valence-electron chi connectivity index (χ1n) is 13.1. The van der Waals surface area contributed by atoms with Crippen molar-refractivity contribution in [3.05, 3.63) is 89.0 Å². The number of rotatable bonds is 7. The number of amides is 1. The Hall–Kier alpha value is -3.07. The van der Waals surface area contributed by atoms with Crippen LogP contribution >= 0.6 is 11.3 Å². The molecule has 198 valence electrons. The molecule has 38 heavy (non-hydrogen) atoms. The number of carbonyl (C=O) groups excluding carboxylic acids is 1. The molecule has 3 aromatic carbocycles. The van der Waals surface area contributed by atoms with E-state index >= 15 is 0 Å². The van der Waals surface area contributed by atoms with Crippen molar-refractivity contribution in [2.45, 2.75) is 63.9 Å². The zero-order chi connectivity index (χ0) is 26.9. The number of anilines is 1. The molecule has 1 aliphatic heterocycles. The lowest BCUT2D eigenvalue weighted by Crippen LogP contribution is -2.43. The summed E-state index contributed by atoms with van der Waals surface area (Å²) in [5, 5.41) is 0.623. The lowest BCUT2D eigenvalue weighted by molar-refractivity contribution is 0.0985. The van der Waals surface area contributed by atoms with Crippen molar-refractivity contribution in [3.8, 4) is 0 Å². The zero-order valence-corrected chi connectivity index (χ0v) is 23.7. The number of benzene rings is 3. The Bertz CT molecular complexity index is 1550. The summed E-state index contributed by atoms with van der Waals surface area (Å²) in [5.74, 6) is -0.212. The van der Waals surface area contributed by atoms with Gasteiger partial charge in [-0.3, -0.25) is 9.69 Å². The number of nitrogens with zero attached hydrogens (tertiary/aromatic N) is 3. The Morgan fingerprint density at radius 1 is 1.05 bits per heavy atom. The maximum absolute atomic E-state index is 13.9. The van der Waals surface area contributed by atoms with Crippen LogP contribution in [0, 0.1) is 13.8 Å². The summed E-state index contributed by atoms with van der Waals surface area (Å²) in [6.45, 7) is 7.05. The van der Waals surface area contributed by atoms with E-state index in [0.717, 1.165) is 52.6 Å². The van der Waals surface area contributed by atoms with Crippen LogP contribution in [0.2, 0.25) is 0 Å². The number of hydrogen-bond acceptors (Lipinski definition) is 5. The van der Waals surface area contributed by atoms with Gasteiger partial charge in [-0.2, -0.15) is 4.31 Å². The van der Waals surface area contributed by atoms with Gasteiger partial charge < -0.3 is 0 Å². The van der Waals surface area contributed by atoms with Gasteiger partial charge in [-0.05, 0) is 80.1 Å². The minimum Gasteiger partial charge on any atom is -0.279 e. The number of fused-ring (bicyclic) bond motifs is 1. The van der Waals surface area contributed by atoms with E-state index in [1.807, 2.05) is 50.2 Å². The average molecular weight is 548 g/mol. The van der Waals surface area contributed by atoms with Gasteiger partial charge in [0, 0.05) is 18.2 Å². The van der Waals surface area contributed by atoms with E-state index < -0.39 is 10.0 Å². The first kappa shape index (κ1) is 26.5. The maximum atomic E-state index is 13.9. The monoisotopic (exact) mass is 547 g/mol. The minimum atomic E-state index is -3.61. The Morgan fingerprint density at radius 3 is 2.50 bits per heavy atom. The van der Waals surface area contributed by atoms with Crippen LogP contribution in [0.1, 0.15) is 59.7 Å². The zero-order valence-electron chi connectivity index (χ0n) is 22.1. The Labute approximate surface area is 229 Å². The second kappa shape index (κ2) is 11.0. The minimum absolute atomic E-state index is 0.0301. The maximum Gasteiger partial charge on any atom is 0.260 e. The number of sulfonamides is 1. The van der Waals surface area contributed by atoms with Crippen LogP contribution in [0.3, 0.4) is 0 Å². The van der Waals surface area contributed by atoms with Gasteiger partial charge in [-0.15, -0.1) is 0 Å². The second-order valence-electron chi connectivity index (χ2n) is 10.0. The van der Waals surface area contributed by atoms with Gasteiger partial charge in [0.05, 0.1) is 21.7 Å². The summed E-state index contributed by atoms with van der Waals surface area (Å²) in [4.78, 5) is 20.6. The highest BCUT2D eigenvalue weighted by Gasteiger charge is 2.32. The van der Waals surface area contributed by atoms with E-state index in [1.165, 1.54) is 11.3 Å². The summed E-state index contributed by atoms with van der Waals surface area (Å²) in [6, 6.07) is 20.4. The molecule has 0 spiro atoms. The lowest BCUT2D eigenvalue weighted by atomic mass is 10.0. The quantitative estimate of drug-likeness (QED) is 0.258. The molecule has 8 heteroatoms. The van der Waals surface area contributed by atoms with Crippen molar-refractivity contribution < 1.29 is 13.2 Å². The first-order valence-corrected chi connectivity index (χ1v) is 15.4. The Kier molecular flexibility index (Phi) is 7.66. The van der Waals surface area contributed by atoms with E-state index in [1.54, 1.807) is 33.5 Å². The molecule has 1 amide bonds. The molecule has 6 nitrogen and oxygen atoms in total. The molecule has 1 unspecified atom stereocenters. The highest BCUT2D eigenvalue weighted by atomic mass is 32.2. The molecule has 0 aliphatic carbocycles. The van der Waals surface area contributed by atoms with Crippen LogP contribution in [-0.4, -0.2) is 36.2 Å². The van der Waals surface area contributed by atoms with E-state index in [9.17, 15) is 13.2 Å². The van der Waals surface area contributed by atoms with Gasteiger partial charge in [-0.25, -0.2) is 13.4 Å². The van der Waals surface area contributed by atoms with Crippen molar-refractivity contribution in [1.29, 1.82) is 0 Å². The van der Waals surface area contributed by atoms with E-state index in [4.69, 9.17) is 4.98 Å². The van der Waals surface area contributed by atoms with Gasteiger partial charge in [0.1, 0.15) is 0 Å². The van der Waals surface area contributed by atoms with Crippen molar-refractivity contribution in [1.82, 2.24) is 9.29 Å². The third-order valence-corrected chi connectivity index (χ3v) is 10.4. The smallest absolute Gasteiger partial charge is 0.260 e. The predicted molar refractivity (Wildman–Crippen MR) is 154 cm³/mol. The van der Waals surface area contributed by atoms with E-state index in [-0.39, 0.29) is 16.8 Å². The normalized spacial score (nSPS) is 16.6. The second-order valence-corrected chi connectivity index (χ2v) is 12.9. The van der Waals surface area contributed by atoms with Crippen molar-refractivity contribution in [2.24, 2.45) is 0 Å². The van der Waals surface area contributed by atoms with Gasteiger partial charge in [0.15, 0.2) is 5.13 Å². The molecule has 0 saturated carbocycles. The summed E-state index contributed by atoms with van der Waals surface area (Å²) in [7, 11) is -3.61. The largest absolute Gasteiger partial charge is 0.279 e. The number of carbonyl (C=O) groups is 1. The molecule has 0 N–H and O–H groups in total. The van der Waals surface area contributed by atoms with Crippen molar-refractivity contribution >= 4 is 42.6 Å². The summed E-state index contributed by atoms with van der Waals surface area (Å²) < 4.78 is 29.5. The Balaban J connectivity index is 1.48. The summed E-state index contributed by atoms with van der Waals surface area (Å²) in [5.41, 5.74) is 4.56. The number of thiazole rings is 1. The van der Waals surface area contributed by atoms with Gasteiger partial charge in [-0.1, -0.05) is 61.1 Å². The molecule has 5 rings (SSSR count). The lowest BCUT2D eigenvalue weighted by Gasteiger charge is -2.34. The van der Waals surface area contributed by atoms with Crippen LogP contribution < -0.4 is 4.90 Å². The van der Waals surface area contributed by atoms with Crippen LogP contribution in [0.5, 0.6) is 0 Å². The molecular formula is C30H33N3O3S2. The molecule has 0 bridgehead atoms. The summed E-state index contributed by atoms with van der Waals surface area (Å²) >= 11 is 1.50. The highest BCUT2D eigenvalue weighted by molar-refractivity contribution is 7.89. The molecular weight excluding hydrogens is 514 g/mol. The first-order chi connectivity index (χ1) is 18.3. The number of hydrogen-bond donors (Lipinski definition) is 0. The molecule has 0 radical (unpaired) electrons. The number of piperidine rings is 1. The van der Waals surface area contributed by atoms with E-state index in [0.29, 0.717) is 23.8 Å². The fourth-order valence-corrected chi connectivity index (χ4v) is 8.01. The van der Waals surface area contributed by atoms with E-state index in [2.05, 4.69) is 13.0 Å². The molecule has 1 saturated heterocycles. The van der Waals surface area contributed by atoms with Crippen LogP contribution in [0.25, 0.3) is 10.2 Å². The van der Waals surface area contributed by atoms with Gasteiger partial charge in [0.2, 0.25) is 10.0 Å². The van der Waals surface area contributed by atoms with Crippen molar-refractivity contribution in [2.75, 3.05) is 11.4 Å². The summed E-state index contributed by atoms with van der Waals surface area (Å²) in [6.07, 6.45) is 3.62. The SMILES string of the molecule is CCC1CCCCN1S(=O)(=O)c1ccc(C(=O)N(Cc2ccccc2)c2nc3cc(C)cc(C)c3s2)cc1. The van der Waals surface area contributed by atoms with Crippen LogP contribution in [0.4, 0.5) is 5.13 Å². The third-order valence-electron chi connectivity index (χ3n) is 7.22. The fraction of sp³-hybridized carbons (Fsp3) is 0.333. The molecule has 1 atom stereocenters. The molecule has 1 aliphatic rings. The average Bonchev–Trinajstić information content (AvgIpc) is 3.36. The molecule has 4 aromatic rings. The van der Waals surface area contributed by atoms with Crippen LogP contribution in [0.15, 0.2) is 71.6 Å². The molecule has 2 heterocycles. The standard InChI is InChI=1S/C30H33N3O3S2/c1-4-25-12-8-9-17-33(25)38(35,36)26-15-13-24(14-16-26)29(34)32(20-23-10-6-5-7-11-23)30-31-27-19-21(2)18-22(3)28(27)37-30/h5-7,10-11,13-16,18-19,25H,4,8-9,12,17,20H2,1-3H3. The Morgan fingerprint density at radius 2 is 1.79 bits per heavy atom. The van der Waals surface area contributed by atoms with Gasteiger partial charge in [0.25, 0.3) is 5.91 Å². The van der Waals surface area contributed by atoms with Crippen molar-refractivity contribution in [3.63, 3.8) is 0 Å². The van der Waals surface area contributed by atoms with Gasteiger partial charge >= 0.3 is 0 Å². The molecule has 1 aromatic heterocycles. The number of aromatic nitrogens is 1. The third kappa shape index (κ3) is 5.25. The fourth-order valence-electron chi connectivity index (χ4n) is 5.23. The highest BCUT2D eigenvalue weighted by Crippen LogP contribution is 2.34. The number of aryl methyl sites for hydroxylation is 2. The van der Waals surface area contributed by atoms with Crippen LogP contribution in [-0.2, 0) is 16.6 Å². The molecule has 1 fully saturated rings. The predicted octanol–water partition coefficient (Wildman–Crippen LogP) is 6.71. The topological polar surface area (TPSA) is 70.6 Å².